The second-order valence-corrected chi connectivity index (χ2v) is 4.21. The van der Waals surface area contributed by atoms with Gasteiger partial charge in [0.15, 0.2) is 0 Å². The van der Waals surface area contributed by atoms with Crippen LogP contribution in [-0.4, -0.2) is 10.9 Å². The van der Waals surface area contributed by atoms with Gasteiger partial charge in [-0.1, -0.05) is 54.9 Å². The van der Waals surface area contributed by atoms with Crippen molar-refractivity contribution in [1.82, 2.24) is 0 Å². The van der Waals surface area contributed by atoms with Gasteiger partial charge < -0.3 is 5.21 Å². The molecule has 2 heteroatoms. The normalized spacial score (nSPS) is 11.9. The van der Waals surface area contributed by atoms with Crippen LogP contribution in [-0.2, 0) is 0 Å². The predicted molar refractivity (Wildman–Crippen MR) is 71.8 cm³/mol. The first kappa shape index (κ1) is 11.6. The van der Waals surface area contributed by atoms with Crippen molar-refractivity contribution in [2.75, 3.05) is 0 Å². The molecule has 0 heterocycles. The number of oxime groups is 1. The average Bonchev–Trinajstić information content (AvgIpc) is 2.39. The van der Waals surface area contributed by atoms with Gasteiger partial charge in [-0.15, -0.1) is 0 Å². The van der Waals surface area contributed by atoms with E-state index in [2.05, 4.69) is 36.3 Å². The number of benzene rings is 2. The molecule has 2 rings (SSSR count). The quantitative estimate of drug-likeness (QED) is 0.473. The molecule has 2 aromatic rings. The van der Waals surface area contributed by atoms with Crippen LogP contribution in [0.25, 0.3) is 10.8 Å². The van der Waals surface area contributed by atoms with E-state index >= 15 is 0 Å². The Morgan fingerprint density at radius 1 is 1.12 bits per heavy atom. The van der Waals surface area contributed by atoms with Crippen LogP contribution < -0.4 is 0 Å². The molecule has 0 amide bonds. The molecule has 0 saturated heterocycles. The lowest BCUT2D eigenvalue weighted by Crippen LogP contribution is -2.00. The zero-order chi connectivity index (χ0) is 12.1. The first-order valence-corrected chi connectivity index (χ1v) is 6.05. The largest absolute Gasteiger partial charge is 0.411 e. The summed E-state index contributed by atoms with van der Waals surface area (Å²) in [5.41, 5.74) is 1.79. The molecule has 2 aromatic carbocycles. The zero-order valence-corrected chi connectivity index (χ0v) is 10.1. The number of fused-ring (bicyclic) bond motifs is 1. The highest BCUT2D eigenvalue weighted by molar-refractivity contribution is 6.03. The third-order valence-electron chi connectivity index (χ3n) is 2.97. The topological polar surface area (TPSA) is 32.6 Å². The number of hydrogen-bond acceptors (Lipinski definition) is 2. The molecular formula is C15H17NO. The van der Waals surface area contributed by atoms with Crippen LogP contribution in [0.1, 0.15) is 31.7 Å². The van der Waals surface area contributed by atoms with E-state index in [0.717, 1.165) is 30.5 Å². The third-order valence-corrected chi connectivity index (χ3v) is 2.97. The summed E-state index contributed by atoms with van der Waals surface area (Å²) in [7, 11) is 0. The minimum Gasteiger partial charge on any atom is -0.411 e. The number of hydrogen-bond donors (Lipinski definition) is 1. The van der Waals surface area contributed by atoms with Crippen LogP contribution in [0.3, 0.4) is 0 Å². The van der Waals surface area contributed by atoms with Gasteiger partial charge in [0.2, 0.25) is 0 Å². The Kier molecular flexibility index (Phi) is 3.76. The van der Waals surface area contributed by atoms with Crippen molar-refractivity contribution >= 4 is 16.5 Å². The first-order chi connectivity index (χ1) is 8.35. The molecule has 0 bridgehead atoms. The molecule has 0 aliphatic heterocycles. The van der Waals surface area contributed by atoms with Crippen LogP contribution in [0, 0.1) is 0 Å². The Labute approximate surface area is 102 Å². The minimum atomic E-state index is 0.776. The fourth-order valence-corrected chi connectivity index (χ4v) is 1.97. The summed E-state index contributed by atoms with van der Waals surface area (Å²) < 4.78 is 0. The number of unbranched alkanes of at least 4 members (excludes halogenated alkanes) is 1. The second-order valence-electron chi connectivity index (χ2n) is 4.21. The Morgan fingerprint density at radius 2 is 1.88 bits per heavy atom. The van der Waals surface area contributed by atoms with Crippen LogP contribution in [0.4, 0.5) is 0 Å². The van der Waals surface area contributed by atoms with Crippen molar-refractivity contribution in [2.24, 2.45) is 5.16 Å². The van der Waals surface area contributed by atoms with Crippen molar-refractivity contribution in [3.8, 4) is 0 Å². The highest BCUT2D eigenvalue weighted by Crippen LogP contribution is 2.17. The lowest BCUT2D eigenvalue weighted by atomic mass is 10.0. The first-order valence-electron chi connectivity index (χ1n) is 6.05. The highest BCUT2D eigenvalue weighted by atomic mass is 16.4. The fourth-order valence-electron chi connectivity index (χ4n) is 1.97. The van der Waals surface area contributed by atoms with Crippen molar-refractivity contribution in [2.45, 2.75) is 26.2 Å². The van der Waals surface area contributed by atoms with Crippen molar-refractivity contribution in [3.05, 3.63) is 48.0 Å². The third kappa shape index (κ3) is 2.64. The minimum absolute atomic E-state index is 0.776. The second kappa shape index (κ2) is 5.48. The zero-order valence-electron chi connectivity index (χ0n) is 10.1. The summed E-state index contributed by atoms with van der Waals surface area (Å²) >= 11 is 0. The van der Waals surface area contributed by atoms with E-state index in [4.69, 9.17) is 5.21 Å². The maximum absolute atomic E-state index is 9.07. The van der Waals surface area contributed by atoms with E-state index in [9.17, 15) is 0 Å². The van der Waals surface area contributed by atoms with Gasteiger partial charge in [-0.25, -0.2) is 0 Å². The molecule has 0 atom stereocenters. The van der Waals surface area contributed by atoms with Gasteiger partial charge in [0.05, 0.1) is 5.71 Å². The average molecular weight is 227 g/mol. The SMILES string of the molecule is CCCCC(=NO)c1ccc2ccccc2c1. The van der Waals surface area contributed by atoms with Crippen LogP contribution in [0.2, 0.25) is 0 Å². The Bertz CT molecular complexity index is 531. The van der Waals surface area contributed by atoms with Crippen molar-refractivity contribution in [3.63, 3.8) is 0 Å². The van der Waals surface area contributed by atoms with Gasteiger partial charge in [0.1, 0.15) is 0 Å². The maximum atomic E-state index is 9.07. The summed E-state index contributed by atoms with van der Waals surface area (Å²) in [5, 5.41) is 14.9. The van der Waals surface area contributed by atoms with Crippen LogP contribution in [0.15, 0.2) is 47.6 Å². The molecule has 0 aliphatic carbocycles. The van der Waals surface area contributed by atoms with E-state index in [1.54, 1.807) is 0 Å². The van der Waals surface area contributed by atoms with Crippen molar-refractivity contribution in [1.29, 1.82) is 0 Å². The van der Waals surface area contributed by atoms with Crippen LogP contribution in [0.5, 0.6) is 0 Å². The molecule has 0 radical (unpaired) electrons. The summed E-state index contributed by atoms with van der Waals surface area (Å²) in [5.74, 6) is 0. The van der Waals surface area contributed by atoms with Gasteiger partial charge in [0.25, 0.3) is 0 Å². The molecule has 0 spiro atoms. The van der Waals surface area contributed by atoms with E-state index < -0.39 is 0 Å². The van der Waals surface area contributed by atoms with E-state index in [1.807, 2.05) is 18.2 Å². The molecule has 0 aliphatic rings. The molecular weight excluding hydrogens is 210 g/mol. The molecule has 17 heavy (non-hydrogen) atoms. The van der Waals surface area contributed by atoms with Gasteiger partial charge in [-0.2, -0.15) is 0 Å². The number of nitrogens with zero attached hydrogens (tertiary/aromatic N) is 1. The molecule has 1 N–H and O–H groups in total. The lowest BCUT2D eigenvalue weighted by molar-refractivity contribution is 0.318. The highest BCUT2D eigenvalue weighted by Gasteiger charge is 2.04. The smallest absolute Gasteiger partial charge is 0.0868 e. The standard InChI is InChI=1S/C15H17NO/c1-2-3-8-15(16-17)14-10-9-12-6-4-5-7-13(12)11-14/h4-7,9-11,17H,2-3,8H2,1H3. The Morgan fingerprint density at radius 3 is 2.59 bits per heavy atom. The molecule has 0 unspecified atom stereocenters. The summed E-state index contributed by atoms with van der Waals surface area (Å²) in [6.45, 7) is 2.13. The Balaban J connectivity index is 2.34. The van der Waals surface area contributed by atoms with Gasteiger partial charge in [-0.3, -0.25) is 0 Å². The summed E-state index contributed by atoms with van der Waals surface area (Å²) in [4.78, 5) is 0. The molecule has 0 aromatic heterocycles. The van der Waals surface area contributed by atoms with Crippen molar-refractivity contribution < 1.29 is 5.21 Å². The molecule has 0 fully saturated rings. The van der Waals surface area contributed by atoms with Gasteiger partial charge >= 0.3 is 0 Å². The predicted octanol–water partition coefficient (Wildman–Crippen LogP) is 4.21. The maximum Gasteiger partial charge on any atom is 0.0868 e. The van der Waals surface area contributed by atoms with Gasteiger partial charge in [0, 0.05) is 0 Å². The van der Waals surface area contributed by atoms with Gasteiger partial charge in [-0.05, 0) is 35.2 Å². The van der Waals surface area contributed by atoms with E-state index in [1.165, 1.54) is 10.8 Å². The molecule has 88 valence electrons. The van der Waals surface area contributed by atoms with E-state index in [-0.39, 0.29) is 0 Å². The molecule has 0 saturated carbocycles. The van der Waals surface area contributed by atoms with E-state index in [0.29, 0.717) is 0 Å². The molecule has 2 nitrogen and oxygen atoms in total. The number of rotatable bonds is 4. The fraction of sp³-hybridized carbons (Fsp3) is 0.267. The summed E-state index contributed by atoms with van der Waals surface area (Å²) in [6.07, 6.45) is 2.98. The van der Waals surface area contributed by atoms with Crippen LogP contribution >= 0.6 is 0 Å². The lowest BCUT2D eigenvalue weighted by Gasteiger charge is -2.05. The Hall–Kier alpha value is -1.83. The summed E-state index contributed by atoms with van der Waals surface area (Å²) in [6, 6.07) is 14.4. The monoisotopic (exact) mass is 227 g/mol.